The molecule has 21 heavy (non-hydrogen) atoms. The molecule has 1 aliphatic heterocycles. The van der Waals surface area contributed by atoms with E-state index in [1.54, 1.807) is 6.07 Å². The van der Waals surface area contributed by atoms with Gasteiger partial charge >= 0.3 is 6.03 Å². The number of aromatic amines is 1. The molecule has 0 spiro atoms. The van der Waals surface area contributed by atoms with Gasteiger partial charge in [0.1, 0.15) is 12.0 Å². The van der Waals surface area contributed by atoms with Crippen LogP contribution in [-0.2, 0) is 6.54 Å². The van der Waals surface area contributed by atoms with E-state index in [-0.39, 0.29) is 12.1 Å². The fraction of sp³-hybridized carbons (Fsp3) is 0.500. The van der Waals surface area contributed by atoms with E-state index in [9.17, 15) is 4.79 Å². The van der Waals surface area contributed by atoms with Crippen LogP contribution in [0.2, 0.25) is 0 Å². The van der Waals surface area contributed by atoms with Crippen LogP contribution in [0.1, 0.15) is 41.5 Å². The second-order valence-electron chi connectivity index (χ2n) is 5.35. The first-order valence-electron chi connectivity index (χ1n) is 7.12. The Morgan fingerprint density at radius 2 is 2.43 bits per heavy atom. The van der Waals surface area contributed by atoms with Gasteiger partial charge in [0, 0.05) is 23.9 Å². The number of nitrogens with one attached hydrogen (secondary N) is 2. The molecule has 0 saturated carbocycles. The molecule has 1 fully saturated rings. The van der Waals surface area contributed by atoms with Crippen LogP contribution in [-0.4, -0.2) is 32.8 Å². The molecule has 1 atom stereocenters. The molecular weight excluding hydrogens is 270 g/mol. The average molecular weight is 289 g/mol. The molecule has 0 radical (unpaired) electrons. The van der Waals surface area contributed by atoms with Crippen LogP contribution in [0.25, 0.3) is 0 Å². The number of hydrogen-bond donors (Lipinski definition) is 2. The summed E-state index contributed by atoms with van der Waals surface area (Å²) < 4.78 is 4.76. The van der Waals surface area contributed by atoms with Gasteiger partial charge in [-0.2, -0.15) is 5.10 Å². The van der Waals surface area contributed by atoms with Crippen LogP contribution in [0, 0.1) is 13.8 Å². The summed E-state index contributed by atoms with van der Waals surface area (Å²) in [6.07, 6.45) is 3.48. The van der Waals surface area contributed by atoms with Gasteiger partial charge in [-0.3, -0.25) is 5.10 Å². The zero-order chi connectivity index (χ0) is 14.8. The number of aromatic nitrogens is 3. The van der Waals surface area contributed by atoms with Crippen molar-refractivity contribution in [2.75, 3.05) is 6.54 Å². The summed E-state index contributed by atoms with van der Waals surface area (Å²) in [5.41, 5.74) is 3.86. The number of H-pyrrole nitrogens is 1. The van der Waals surface area contributed by atoms with Crippen molar-refractivity contribution in [3.63, 3.8) is 0 Å². The van der Waals surface area contributed by atoms with Gasteiger partial charge in [0.2, 0.25) is 0 Å². The van der Waals surface area contributed by atoms with Crippen molar-refractivity contribution in [3.05, 3.63) is 35.0 Å². The number of urea groups is 1. The molecule has 1 aliphatic rings. The van der Waals surface area contributed by atoms with Gasteiger partial charge in [0.25, 0.3) is 0 Å². The van der Waals surface area contributed by atoms with Crippen molar-refractivity contribution in [1.82, 2.24) is 25.6 Å². The third-order valence-electron chi connectivity index (χ3n) is 3.94. The molecule has 3 heterocycles. The third kappa shape index (κ3) is 2.63. The molecule has 2 aromatic heterocycles. The summed E-state index contributed by atoms with van der Waals surface area (Å²) in [6.45, 7) is 5.11. The van der Waals surface area contributed by atoms with Gasteiger partial charge in [0.15, 0.2) is 0 Å². The first-order valence-corrected chi connectivity index (χ1v) is 7.12. The summed E-state index contributed by atoms with van der Waals surface area (Å²) in [7, 11) is 0. The van der Waals surface area contributed by atoms with Crippen LogP contribution < -0.4 is 5.32 Å². The Kier molecular flexibility index (Phi) is 3.64. The van der Waals surface area contributed by atoms with Crippen LogP contribution in [0.3, 0.4) is 0 Å². The molecular formula is C14H19N5O2. The first kappa shape index (κ1) is 13.7. The Morgan fingerprint density at radius 3 is 3.10 bits per heavy atom. The lowest BCUT2D eigenvalue weighted by Gasteiger charge is -2.25. The number of amides is 2. The second-order valence-corrected chi connectivity index (χ2v) is 5.35. The number of carbonyl (C=O) groups is 1. The van der Waals surface area contributed by atoms with E-state index in [4.69, 9.17) is 4.52 Å². The highest BCUT2D eigenvalue weighted by atomic mass is 16.5. The zero-order valence-corrected chi connectivity index (χ0v) is 12.2. The minimum absolute atomic E-state index is 0.0690. The molecule has 2 amide bonds. The molecule has 7 nitrogen and oxygen atoms in total. The number of likely N-dealkylation sites (tertiary alicyclic amines) is 1. The highest BCUT2D eigenvalue weighted by Crippen LogP contribution is 2.34. The van der Waals surface area contributed by atoms with Crippen molar-refractivity contribution >= 4 is 6.03 Å². The summed E-state index contributed by atoms with van der Waals surface area (Å²) in [4.78, 5) is 14.3. The highest BCUT2D eigenvalue weighted by molar-refractivity contribution is 5.75. The van der Waals surface area contributed by atoms with E-state index in [0.717, 1.165) is 42.0 Å². The standard InChI is InChI=1S/C14H19N5O2/c1-9-13(10(2)17-16-9)12-4-3-6-19(12)14(20)15-8-11-5-7-21-18-11/h5,7,12H,3-4,6,8H2,1-2H3,(H,15,20)(H,16,17)/t12-/m0/s1. The molecule has 0 unspecified atom stereocenters. The van der Waals surface area contributed by atoms with Crippen LogP contribution in [0.4, 0.5) is 4.79 Å². The van der Waals surface area contributed by atoms with E-state index in [1.165, 1.54) is 6.26 Å². The van der Waals surface area contributed by atoms with Gasteiger partial charge in [-0.1, -0.05) is 5.16 Å². The SMILES string of the molecule is Cc1n[nH]c(C)c1[C@@H]1CCCN1C(=O)NCc1ccon1. The Bertz CT molecular complexity index is 600. The average Bonchev–Trinajstić information content (AvgIpc) is 3.18. The van der Waals surface area contributed by atoms with Crippen LogP contribution in [0.15, 0.2) is 16.9 Å². The van der Waals surface area contributed by atoms with E-state index >= 15 is 0 Å². The van der Waals surface area contributed by atoms with Gasteiger partial charge in [-0.15, -0.1) is 0 Å². The lowest BCUT2D eigenvalue weighted by molar-refractivity contribution is 0.192. The number of rotatable bonds is 3. The highest BCUT2D eigenvalue weighted by Gasteiger charge is 2.32. The maximum Gasteiger partial charge on any atom is 0.318 e. The summed E-state index contributed by atoms with van der Waals surface area (Å²) >= 11 is 0. The van der Waals surface area contributed by atoms with E-state index in [2.05, 4.69) is 20.7 Å². The van der Waals surface area contributed by atoms with Crippen molar-refractivity contribution < 1.29 is 9.32 Å². The van der Waals surface area contributed by atoms with Gasteiger partial charge in [-0.25, -0.2) is 4.79 Å². The molecule has 7 heteroatoms. The predicted octanol–water partition coefficient (Wildman–Crippen LogP) is 2.06. The second kappa shape index (κ2) is 5.59. The third-order valence-corrected chi connectivity index (χ3v) is 3.94. The van der Waals surface area contributed by atoms with E-state index < -0.39 is 0 Å². The normalized spacial score (nSPS) is 18.2. The smallest absolute Gasteiger partial charge is 0.318 e. The van der Waals surface area contributed by atoms with Crippen molar-refractivity contribution in [3.8, 4) is 0 Å². The van der Waals surface area contributed by atoms with Gasteiger partial charge in [-0.05, 0) is 26.7 Å². The van der Waals surface area contributed by atoms with Gasteiger partial charge in [0.05, 0.1) is 18.3 Å². The first-order chi connectivity index (χ1) is 10.2. The number of nitrogens with zero attached hydrogens (tertiary/aromatic N) is 3. The summed E-state index contributed by atoms with van der Waals surface area (Å²) in [5, 5.41) is 13.9. The largest absolute Gasteiger partial charge is 0.364 e. The molecule has 112 valence electrons. The van der Waals surface area contributed by atoms with E-state index in [0.29, 0.717) is 6.54 Å². The van der Waals surface area contributed by atoms with Gasteiger partial charge < -0.3 is 14.7 Å². The molecule has 0 aliphatic carbocycles. The minimum Gasteiger partial charge on any atom is -0.364 e. The molecule has 2 N–H and O–H groups in total. The minimum atomic E-state index is -0.0690. The molecule has 1 saturated heterocycles. The Balaban J connectivity index is 1.70. The number of aryl methyl sites for hydroxylation is 2. The van der Waals surface area contributed by atoms with E-state index in [1.807, 2.05) is 18.7 Å². The predicted molar refractivity (Wildman–Crippen MR) is 75.5 cm³/mol. The fourth-order valence-electron chi connectivity index (χ4n) is 2.96. The monoisotopic (exact) mass is 289 g/mol. The molecule has 0 aromatic carbocycles. The topological polar surface area (TPSA) is 87.0 Å². The zero-order valence-electron chi connectivity index (χ0n) is 12.2. The lowest BCUT2D eigenvalue weighted by atomic mass is 10.0. The lowest BCUT2D eigenvalue weighted by Crippen LogP contribution is -2.39. The van der Waals surface area contributed by atoms with Crippen LogP contribution >= 0.6 is 0 Å². The molecule has 0 bridgehead atoms. The van der Waals surface area contributed by atoms with Crippen molar-refractivity contribution in [2.45, 2.75) is 39.3 Å². The summed E-state index contributed by atoms with van der Waals surface area (Å²) in [6, 6.07) is 1.77. The van der Waals surface area contributed by atoms with Crippen molar-refractivity contribution in [1.29, 1.82) is 0 Å². The quantitative estimate of drug-likeness (QED) is 0.905. The Hall–Kier alpha value is -2.31. The molecule has 3 rings (SSSR count). The fourth-order valence-corrected chi connectivity index (χ4v) is 2.96. The molecule has 2 aromatic rings. The van der Waals surface area contributed by atoms with Crippen LogP contribution in [0.5, 0.6) is 0 Å². The number of carbonyl (C=O) groups excluding carboxylic acids is 1. The maximum absolute atomic E-state index is 12.4. The summed E-state index contributed by atoms with van der Waals surface area (Å²) in [5.74, 6) is 0. The number of hydrogen-bond acceptors (Lipinski definition) is 4. The Labute approximate surface area is 122 Å². The Morgan fingerprint density at radius 1 is 1.57 bits per heavy atom. The van der Waals surface area contributed by atoms with Crippen molar-refractivity contribution in [2.24, 2.45) is 0 Å². The maximum atomic E-state index is 12.4.